The molecule has 7 heteroatoms. The molecule has 4 aliphatic rings. The molecular weight excluding hydrogens is 420 g/mol. The summed E-state index contributed by atoms with van der Waals surface area (Å²) in [7, 11) is 6.00. The Balaban J connectivity index is 1.59. The molecule has 0 aromatic heterocycles. The minimum absolute atomic E-state index is 0.0166. The normalized spacial score (nSPS) is 45.0. The quantitative estimate of drug-likeness (QED) is 0.546. The number of Topliss-reactive ketones (excluding diaryl/α,β-unsaturated/α-hetero) is 1. The number of likely N-dealkylation sites (N-methyl/N-ethyl adjacent to an activating group) is 2. The van der Waals surface area contributed by atoms with Crippen molar-refractivity contribution in [1.29, 1.82) is 0 Å². The van der Waals surface area contributed by atoms with Crippen LogP contribution in [0.4, 0.5) is 0 Å². The lowest BCUT2D eigenvalue weighted by atomic mass is 9.46. The van der Waals surface area contributed by atoms with Crippen molar-refractivity contribution in [2.45, 2.75) is 70.2 Å². The molecule has 0 aromatic rings. The molecule has 0 heterocycles. The smallest absolute Gasteiger partial charge is 0.159 e. The zero-order chi connectivity index (χ0) is 24.3. The highest BCUT2D eigenvalue weighted by Crippen LogP contribution is 2.67. The second-order valence-corrected chi connectivity index (χ2v) is 12.1. The van der Waals surface area contributed by atoms with Gasteiger partial charge in [0.15, 0.2) is 11.6 Å². The van der Waals surface area contributed by atoms with Crippen LogP contribution in [0.3, 0.4) is 0 Å². The number of carbonyl (C=O) groups is 2. The summed E-state index contributed by atoms with van der Waals surface area (Å²) in [5.41, 5.74) is -1.47. The Morgan fingerprint density at radius 1 is 1.06 bits per heavy atom. The lowest BCUT2D eigenvalue weighted by Crippen LogP contribution is -2.61. The van der Waals surface area contributed by atoms with Crippen molar-refractivity contribution in [2.75, 3.05) is 40.8 Å². The molecule has 7 nitrogen and oxygen atoms in total. The van der Waals surface area contributed by atoms with Gasteiger partial charge in [0.25, 0.3) is 0 Å². The van der Waals surface area contributed by atoms with Crippen LogP contribution in [-0.4, -0.2) is 95.3 Å². The number of ketones is 2. The average Bonchev–Trinajstić information content (AvgIpc) is 3.00. The average molecular weight is 463 g/mol. The molecule has 0 spiro atoms. The number of hydrogen-bond acceptors (Lipinski definition) is 7. The Bertz CT molecular complexity index is 843. The first-order valence-corrected chi connectivity index (χ1v) is 12.5. The standard InChI is InChI=1S/C26H42N2O5/c1-24-14-22(31)21(30)13-19(24)20(29)12-18-16(24)6-8-25(2)17(7-9-26(18,25)33)23(32)15-28(5)11-10-27(3)4/h12,16-17,19,21-22,30-31,33H,6-11,13-15H2,1-5H3. The third kappa shape index (κ3) is 3.84. The molecular formula is C26H42N2O5. The number of aliphatic hydroxyl groups excluding tert-OH is 2. The fraction of sp³-hybridized carbons (Fsp3) is 0.846. The minimum atomic E-state index is -1.18. The molecule has 4 aliphatic carbocycles. The van der Waals surface area contributed by atoms with E-state index in [4.69, 9.17) is 0 Å². The van der Waals surface area contributed by atoms with E-state index in [9.17, 15) is 24.9 Å². The monoisotopic (exact) mass is 462 g/mol. The molecule has 8 atom stereocenters. The van der Waals surface area contributed by atoms with Gasteiger partial charge >= 0.3 is 0 Å². The predicted molar refractivity (Wildman–Crippen MR) is 125 cm³/mol. The second-order valence-electron chi connectivity index (χ2n) is 12.1. The van der Waals surface area contributed by atoms with Crippen LogP contribution in [-0.2, 0) is 9.59 Å². The molecule has 186 valence electrons. The van der Waals surface area contributed by atoms with E-state index < -0.39 is 28.6 Å². The van der Waals surface area contributed by atoms with Crippen LogP contribution in [0.15, 0.2) is 11.6 Å². The lowest BCUT2D eigenvalue weighted by Gasteiger charge is -2.59. The van der Waals surface area contributed by atoms with Crippen LogP contribution in [0.25, 0.3) is 0 Å². The molecule has 0 bridgehead atoms. The molecule has 3 N–H and O–H groups in total. The first kappa shape index (κ1) is 25.0. The zero-order valence-corrected chi connectivity index (χ0v) is 20.9. The maximum Gasteiger partial charge on any atom is 0.159 e. The summed E-state index contributed by atoms with van der Waals surface area (Å²) < 4.78 is 0. The van der Waals surface area contributed by atoms with E-state index in [0.29, 0.717) is 25.8 Å². The molecule has 3 fully saturated rings. The van der Waals surface area contributed by atoms with Gasteiger partial charge < -0.3 is 20.2 Å². The molecule has 0 aliphatic heterocycles. The molecule has 4 rings (SSSR count). The minimum Gasteiger partial charge on any atom is -0.390 e. The Morgan fingerprint density at radius 2 is 1.76 bits per heavy atom. The van der Waals surface area contributed by atoms with Gasteiger partial charge in [-0.15, -0.1) is 0 Å². The van der Waals surface area contributed by atoms with Crippen molar-refractivity contribution >= 4 is 11.6 Å². The van der Waals surface area contributed by atoms with E-state index in [-0.39, 0.29) is 35.7 Å². The van der Waals surface area contributed by atoms with Gasteiger partial charge in [0.05, 0.1) is 24.4 Å². The Kier molecular flexibility index (Phi) is 6.45. The molecule has 0 aromatic carbocycles. The number of carbonyl (C=O) groups excluding carboxylic acids is 2. The van der Waals surface area contributed by atoms with E-state index in [1.54, 1.807) is 6.08 Å². The van der Waals surface area contributed by atoms with Gasteiger partial charge in [0, 0.05) is 30.3 Å². The molecule has 33 heavy (non-hydrogen) atoms. The number of aliphatic hydroxyl groups is 3. The fourth-order valence-electron chi connectivity index (χ4n) is 7.71. The van der Waals surface area contributed by atoms with Crippen molar-refractivity contribution in [3.63, 3.8) is 0 Å². The summed E-state index contributed by atoms with van der Waals surface area (Å²) in [6.07, 6.45) is 3.18. The zero-order valence-electron chi connectivity index (χ0n) is 20.9. The van der Waals surface area contributed by atoms with Gasteiger partial charge in [-0.05, 0) is 82.6 Å². The molecule has 0 radical (unpaired) electrons. The number of rotatable bonds is 6. The highest BCUT2D eigenvalue weighted by Gasteiger charge is 2.67. The molecule has 8 unspecified atom stereocenters. The molecule has 0 saturated heterocycles. The third-order valence-corrected chi connectivity index (χ3v) is 9.86. The summed E-state index contributed by atoms with van der Waals surface area (Å²) in [6, 6.07) is 0. The first-order valence-electron chi connectivity index (χ1n) is 12.5. The van der Waals surface area contributed by atoms with Gasteiger partial charge in [-0.25, -0.2) is 0 Å². The van der Waals surface area contributed by atoms with Crippen LogP contribution in [0.2, 0.25) is 0 Å². The number of allylic oxidation sites excluding steroid dienone is 1. The Labute approximate surface area is 197 Å². The number of fused-ring (bicyclic) bond motifs is 5. The summed E-state index contributed by atoms with van der Waals surface area (Å²) in [5.74, 6) is -0.453. The van der Waals surface area contributed by atoms with E-state index in [0.717, 1.165) is 31.5 Å². The van der Waals surface area contributed by atoms with Crippen molar-refractivity contribution < 1.29 is 24.9 Å². The van der Waals surface area contributed by atoms with Gasteiger partial charge in [0.2, 0.25) is 0 Å². The topological polar surface area (TPSA) is 101 Å². The molecule has 3 saturated carbocycles. The van der Waals surface area contributed by atoms with Crippen molar-refractivity contribution in [3.8, 4) is 0 Å². The number of hydrogen-bond donors (Lipinski definition) is 3. The summed E-state index contributed by atoms with van der Waals surface area (Å²) in [6.45, 7) is 6.15. The van der Waals surface area contributed by atoms with Gasteiger partial charge in [-0.1, -0.05) is 13.8 Å². The fourth-order valence-corrected chi connectivity index (χ4v) is 7.71. The van der Waals surface area contributed by atoms with Crippen molar-refractivity contribution in [2.24, 2.45) is 28.6 Å². The maximum absolute atomic E-state index is 13.4. The van der Waals surface area contributed by atoms with E-state index in [1.165, 1.54) is 0 Å². The summed E-state index contributed by atoms with van der Waals surface area (Å²) >= 11 is 0. The van der Waals surface area contributed by atoms with Crippen LogP contribution in [0, 0.1) is 28.6 Å². The van der Waals surface area contributed by atoms with E-state index in [2.05, 4.69) is 9.80 Å². The Morgan fingerprint density at radius 3 is 2.42 bits per heavy atom. The highest BCUT2D eigenvalue weighted by atomic mass is 16.3. The van der Waals surface area contributed by atoms with E-state index >= 15 is 0 Å². The second kappa shape index (κ2) is 8.52. The molecule has 0 amide bonds. The van der Waals surface area contributed by atoms with Gasteiger partial charge in [-0.3, -0.25) is 14.5 Å². The van der Waals surface area contributed by atoms with Gasteiger partial charge in [-0.2, -0.15) is 0 Å². The largest absolute Gasteiger partial charge is 0.390 e. The van der Waals surface area contributed by atoms with Crippen LogP contribution >= 0.6 is 0 Å². The summed E-state index contributed by atoms with van der Waals surface area (Å²) in [5, 5.41) is 32.8. The Hall–Kier alpha value is -1.12. The van der Waals surface area contributed by atoms with Gasteiger partial charge in [0.1, 0.15) is 0 Å². The van der Waals surface area contributed by atoms with E-state index in [1.807, 2.05) is 35.0 Å². The lowest BCUT2D eigenvalue weighted by molar-refractivity contribution is -0.154. The van der Waals surface area contributed by atoms with Crippen LogP contribution in [0.1, 0.15) is 52.4 Å². The first-order chi connectivity index (χ1) is 15.3. The number of nitrogens with zero attached hydrogens (tertiary/aromatic N) is 2. The van der Waals surface area contributed by atoms with Crippen LogP contribution in [0.5, 0.6) is 0 Å². The predicted octanol–water partition coefficient (Wildman–Crippen LogP) is 1.25. The third-order valence-electron chi connectivity index (χ3n) is 9.86. The summed E-state index contributed by atoms with van der Waals surface area (Å²) in [4.78, 5) is 30.7. The van der Waals surface area contributed by atoms with Crippen molar-refractivity contribution in [1.82, 2.24) is 9.80 Å². The van der Waals surface area contributed by atoms with Crippen molar-refractivity contribution in [3.05, 3.63) is 11.6 Å². The highest BCUT2D eigenvalue weighted by molar-refractivity contribution is 5.95. The SMILES string of the molecule is CN(C)CCN(C)CC(=O)C1CCC2(O)C3=CC(=O)C4CC(O)C(O)CC4(C)C3CCC12C. The maximum atomic E-state index is 13.4. The van der Waals surface area contributed by atoms with Crippen LogP contribution < -0.4 is 0 Å².